The molecule has 94 valence electrons. The van der Waals surface area contributed by atoms with E-state index >= 15 is 0 Å². The van der Waals surface area contributed by atoms with Crippen LogP contribution in [0.2, 0.25) is 0 Å². The summed E-state index contributed by atoms with van der Waals surface area (Å²) in [6.45, 7) is 6.70. The first-order valence-electron chi connectivity index (χ1n) is 5.87. The summed E-state index contributed by atoms with van der Waals surface area (Å²) in [7, 11) is 0. The van der Waals surface area contributed by atoms with Gasteiger partial charge in [-0.25, -0.2) is 4.98 Å². The van der Waals surface area contributed by atoms with Gasteiger partial charge in [0.25, 0.3) is 0 Å². The summed E-state index contributed by atoms with van der Waals surface area (Å²) in [6.07, 6.45) is 1.40. The number of hydrogen-bond donors (Lipinski definition) is 0. The lowest BCUT2D eigenvalue weighted by atomic mass is 10.0. The van der Waals surface area contributed by atoms with E-state index in [9.17, 15) is 4.39 Å². The molecule has 0 N–H and O–H groups in total. The zero-order valence-electron chi connectivity index (χ0n) is 10.8. The molecule has 0 aliphatic carbocycles. The van der Waals surface area contributed by atoms with Crippen LogP contribution in [0.25, 0.3) is 0 Å². The van der Waals surface area contributed by atoms with Crippen molar-refractivity contribution in [2.75, 3.05) is 0 Å². The van der Waals surface area contributed by atoms with Crippen molar-refractivity contribution in [1.29, 1.82) is 0 Å². The predicted octanol–water partition coefficient (Wildman–Crippen LogP) is 3.72. The Morgan fingerprint density at radius 1 is 1.11 bits per heavy atom. The van der Waals surface area contributed by atoms with Gasteiger partial charge in [-0.15, -0.1) is 0 Å². The highest BCUT2D eigenvalue weighted by atomic mass is 19.1. The molecular formula is C15H16FNO. The van der Waals surface area contributed by atoms with Crippen molar-refractivity contribution in [3.8, 4) is 5.75 Å². The number of ether oxygens (including phenoxy) is 1. The normalized spacial score (nSPS) is 10.4. The van der Waals surface area contributed by atoms with Gasteiger partial charge in [0, 0.05) is 0 Å². The molecule has 2 rings (SSSR count). The highest BCUT2D eigenvalue weighted by Crippen LogP contribution is 2.19. The number of nitrogens with zero attached hydrogens (tertiary/aromatic N) is 1. The molecule has 0 fully saturated rings. The van der Waals surface area contributed by atoms with Crippen LogP contribution in [0.1, 0.15) is 22.3 Å². The summed E-state index contributed by atoms with van der Waals surface area (Å²) in [4.78, 5) is 3.56. The fourth-order valence-corrected chi connectivity index (χ4v) is 2.04. The van der Waals surface area contributed by atoms with E-state index in [2.05, 4.69) is 37.9 Å². The van der Waals surface area contributed by atoms with Gasteiger partial charge in [0.15, 0.2) is 0 Å². The second kappa shape index (κ2) is 5.17. The maximum Gasteiger partial charge on any atom is 0.213 e. The van der Waals surface area contributed by atoms with Gasteiger partial charge in [-0.2, -0.15) is 4.39 Å². The minimum Gasteiger partial charge on any atom is -0.487 e. The second-order valence-corrected chi connectivity index (χ2v) is 4.48. The van der Waals surface area contributed by atoms with Crippen LogP contribution < -0.4 is 4.74 Å². The van der Waals surface area contributed by atoms with Crippen molar-refractivity contribution < 1.29 is 9.13 Å². The van der Waals surface area contributed by atoms with E-state index < -0.39 is 5.95 Å². The van der Waals surface area contributed by atoms with Gasteiger partial charge in [-0.3, -0.25) is 0 Å². The zero-order valence-corrected chi connectivity index (χ0v) is 10.8. The van der Waals surface area contributed by atoms with Crippen molar-refractivity contribution >= 4 is 0 Å². The number of rotatable bonds is 3. The van der Waals surface area contributed by atoms with Crippen LogP contribution in [-0.4, -0.2) is 4.98 Å². The Morgan fingerprint density at radius 3 is 2.33 bits per heavy atom. The van der Waals surface area contributed by atoms with Crippen molar-refractivity contribution in [3.63, 3.8) is 0 Å². The van der Waals surface area contributed by atoms with E-state index in [1.807, 2.05) is 0 Å². The van der Waals surface area contributed by atoms with E-state index in [0.717, 1.165) is 0 Å². The van der Waals surface area contributed by atoms with Gasteiger partial charge in [-0.1, -0.05) is 17.7 Å². The van der Waals surface area contributed by atoms with Crippen molar-refractivity contribution in [2.45, 2.75) is 27.4 Å². The molecule has 0 aliphatic heterocycles. The van der Waals surface area contributed by atoms with Gasteiger partial charge < -0.3 is 4.74 Å². The Balaban J connectivity index is 2.13. The van der Waals surface area contributed by atoms with Crippen molar-refractivity contribution in [2.24, 2.45) is 0 Å². The molecule has 0 atom stereocenters. The molecule has 0 amide bonds. The van der Waals surface area contributed by atoms with E-state index in [1.165, 1.54) is 34.5 Å². The number of hydrogen-bond acceptors (Lipinski definition) is 2. The van der Waals surface area contributed by atoms with Crippen LogP contribution in [0.15, 0.2) is 30.5 Å². The molecule has 1 heterocycles. The molecule has 2 nitrogen and oxygen atoms in total. The summed E-state index contributed by atoms with van der Waals surface area (Å²) in [5.41, 5.74) is 4.84. The molecule has 0 saturated carbocycles. The summed E-state index contributed by atoms with van der Waals surface area (Å²) in [5, 5.41) is 0. The Morgan fingerprint density at radius 2 is 1.78 bits per heavy atom. The maximum atomic E-state index is 12.7. The molecule has 3 heteroatoms. The Bertz CT molecular complexity index is 526. The van der Waals surface area contributed by atoms with Crippen LogP contribution >= 0.6 is 0 Å². The molecule has 0 radical (unpaired) electrons. The van der Waals surface area contributed by atoms with E-state index in [4.69, 9.17) is 4.74 Å². The first-order valence-corrected chi connectivity index (χ1v) is 5.87. The number of halogens is 1. The number of aryl methyl sites for hydroxylation is 3. The summed E-state index contributed by atoms with van der Waals surface area (Å²) >= 11 is 0. The minimum atomic E-state index is -0.495. The summed E-state index contributed by atoms with van der Waals surface area (Å²) in [5.74, 6) is 0.0841. The predicted molar refractivity (Wildman–Crippen MR) is 69.2 cm³/mol. The third kappa shape index (κ3) is 2.86. The van der Waals surface area contributed by atoms with Gasteiger partial charge >= 0.3 is 0 Å². The lowest BCUT2D eigenvalue weighted by Crippen LogP contribution is -2.01. The topological polar surface area (TPSA) is 22.1 Å². The molecule has 0 unspecified atom stereocenters. The van der Waals surface area contributed by atoms with Gasteiger partial charge in [-0.05, 0) is 49.6 Å². The first kappa shape index (κ1) is 12.6. The summed E-state index contributed by atoms with van der Waals surface area (Å²) in [6, 6.07) is 7.15. The van der Waals surface area contributed by atoms with Crippen LogP contribution in [-0.2, 0) is 6.61 Å². The SMILES string of the molecule is Cc1cc(C)c(COc2ccc(F)nc2)c(C)c1. The van der Waals surface area contributed by atoms with E-state index in [-0.39, 0.29) is 0 Å². The highest BCUT2D eigenvalue weighted by molar-refractivity contribution is 5.37. The minimum absolute atomic E-state index is 0.477. The highest BCUT2D eigenvalue weighted by Gasteiger charge is 2.05. The van der Waals surface area contributed by atoms with Crippen LogP contribution in [0, 0.1) is 26.7 Å². The Kier molecular flexibility index (Phi) is 3.60. The van der Waals surface area contributed by atoms with Gasteiger partial charge in [0.05, 0.1) is 6.20 Å². The lowest BCUT2D eigenvalue weighted by molar-refractivity contribution is 0.302. The maximum absolute atomic E-state index is 12.7. The average molecular weight is 245 g/mol. The van der Waals surface area contributed by atoms with Crippen LogP contribution in [0.3, 0.4) is 0 Å². The third-order valence-electron chi connectivity index (χ3n) is 2.92. The van der Waals surface area contributed by atoms with Crippen LogP contribution in [0.4, 0.5) is 4.39 Å². The molecular weight excluding hydrogens is 229 g/mol. The van der Waals surface area contributed by atoms with E-state index in [0.29, 0.717) is 12.4 Å². The number of aromatic nitrogens is 1. The smallest absolute Gasteiger partial charge is 0.213 e. The summed E-state index contributed by atoms with van der Waals surface area (Å²) < 4.78 is 18.3. The molecule has 0 bridgehead atoms. The van der Waals surface area contributed by atoms with Crippen molar-refractivity contribution in [3.05, 3.63) is 58.7 Å². The first-order chi connectivity index (χ1) is 8.56. The van der Waals surface area contributed by atoms with Crippen molar-refractivity contribution in [1.82, 2.24) is 4.98 Å². The van der Waals surface area contributed by atoms with Crippen LogP contribution in [0.5, 0.6) is 5.75 Å². The molecule has 0 aliphatic rings. The number of benzene rings is 1. The Hall–Kier alpha value is -1.90. The largest absolute Gasteiger partial charge is 0.487 e. The van der Waals surface area contributed by atoms with Gasteiger partial charge in [0.1, 0.15) is 12.4 Å². The fourth-order valence-electron chi connectivity index (χ4n) is 2.04. The van der Waals surface area contributed by atoms with E-state index in [1.54, 1.807) is 6.07 Å². The molecule has 1 aromatic carbocycles. The molecule has 2 aromatic rings. The second-order valence-electron chi connectivity index (χ2n) is 4.48. The molecule has 0 spiro atoms. The average Bonchev–Trinajstić information content (AvgIpc) is 2.30. The molecule has 1 aromatic heterocycles. The quantitative estimate of drug-likeness (QED) is 0.769. The zero-order chi connectivity index (χ0) is 13.1. The van der Waals surface area contributed by atoms with Gasteiger partial charge in [0.2, 0.25) is 5.95 Å². The number of pyridine rings is 1. The monoisotopic (exact) mass is 245 g/mol. The Labute approximate surface area is 106 Å². The third-order valence-corrected chi connectivity index (χ3v) is 2.92. The molecule has 18 heavy (non-hydrogen) atoms. The molecule has 0 saturated heterocycles. The lowest BCUT2D eigenvalue weighted by Gasteiger charge is -2.12. The fraction of sp³-hybridized carbons (Fsp3) is 0.267. The standard InChI is InChI=1S/C15H16FNO/c1-10-6-11(2)14(12(3)7-10)9-18-13-4-5-15(16)17-8-13/h4-8H,9H2,1-3H3.